The molecule has 1 heterocycles. The molecule has 132 valence electrons. The van der Waals surface area contributed by atoms with E-state index in [1.54, 1.807) is 0 Å². The number of carbonyl (C=O) groups is 1. The number of amides is 1. The zero-order chi connectivity index (χ0) is 18.5. The third-order valence-electron chi connectivity index (χ3n) is 4.52. The van der Waals surface area contributed by atoms with Crippen LogP contribution < -0.4 is 4.90 Å². The lowest BCUT2D eigenvalue weighted by Crippen LogP contribution is -2.30. The molecule has 3 aromatic rings. The minimum atomic E-state index is 0.0558. The zero-order valence-corrected chi connectivity index (χ0v) is 15.0. The van der Waals surface area contributed by atoms with Gasteiger partial charge in [-0.25, -0.2) is 0 Å². The first-order chi connectivity index (χ1) is 13.3. The fraction of sp³-hybridized carbons (Fsp3) is 0.0833. The average molecular weight is 352 g/mol. The van der Waals surface area contributed by atoms with E-state index < -0.39 is 0 Å². The molecule has 27 heavy (non-hydrogen) atoms. The molecular formula is C24H20N2O. The van der Waals surface area contributed by atoms with Crippen LogP contribution in [0.25, 0.3) is 6.08 Å². The highest BCUT2D eigenvalue weighted by Crippen LogP contribution is 2.33. The molecule has 0 radical (unpaired) electrons. The molecule has 0 unspecified atom stereocenters. The van der Waals surface area contributed by atoms with Gasteiger partial charge < -0.3 is 4.90 Å². The lowest BCUT2D eigenvalue weighted by atomic mass is 10.1. The van der Waals surface area contributed by atoms with E-state index in [0.717, 1.165) is 28.2 Å². The van der Waals surface area contributed by atoms with E-state index in [1.807, 2.05) is 102 Å². The maximum Gasteiger partial charge on any atom is 0.233 e. The summed E-state index contributed by atoms with van der Waals surface area (Å²) in [6.45, 7) is 0.544. The Morgan fingerprint density at radius 2 is 1.48 bits per heavy atom. The lowest BCUT2D eigenvalue weighted by molar-refractivity contribution is -0.117. The van der Waals surface area contributed by atoms with Crippen LogP contribution in [0, 0.1) is 0 Å². The topological polar surface area (TPSA) is 32.7 Å². The predicted molar refractivity (Wildman–Crippen MR) is 111 cm³/mol. The summed E-state index contributed by atoms with van der Waals surface area (Å²) in [6, 6.07) is 27.9. The Morgan fingerprint density at radius 3 is 2.26 bits per heavy atom. The summed E-state index contributed by atoms with van der Waals surface area (Å²) in [6.07, 6.45) is 4.22. The molecule has 0 saturated carbocycles. The number of nitrogens with zero attached hydrogens (tertiary/aromatic N) is 2. The van der Waals surface area contributed by atoms with Crippen LogP contribution in [0.3, 0.4) is 0 Å². The van der Waals surface area contributed by atoms with Gasteiger partial charge in [0.25, 0.3) is 0 Å². The summed E-state index contributed by atoms with van der Waals surface area (Å²) < 4.78 is 0. The van der Waals surface area contributed by atoms with Gasteiger partial charge >= 0.3 is 0 Å². The summed E-state index contributed by atoms with van der Waals surface area (Å²) >= 11 is 0. The van der Waals surface area contributed by atoms with Gasteiger partial charge in [0, 0.05) is 0 Å². The first-order valence-corrected chi connectivity index (χ1v) is 9.03. The van der Waals surface area contributed by atoms with Crippen molar-refractivity contribution in [2.45, 2.75) is 13.0 Å². The smallest absolute Gasteiger partial charge is 0.233 e. The van der Waals surface area contributed by atoms with Crippen LogP contribution in [0.15, 0.2) is 96.0 Å². The molecule has 0 atom stereocenters. The van der Waals surface area contributed by atoms with Crippen molar-refractivity contribution in [1.82, 2.24) is 0 Å². The Balaban J connectivity index is 1.65. The summed E-state index contributed by atoms with van der Waals surface area (Å²) in [5, 5.41) is 0. The Labute approximate surface area is 159 Å². The van der Waals surface area contributed by atoms with E-state index in [4.69, 9.17) is 4.99 Å². The highest BCUT2D eigenvalue weighted by molar-refractivity contribution is 6.16. The van der Waals surface area contributed by atoms with Crippen LogP contribution in [-0.4, -0.2) is 11.6 Å². The molecule has 3 aromatic carbocycles. The minimum absolute atomic E-state index is 0.0558. The van der Waals surface area contributed by atoms with Crippen molar-refractivity contribution >= 4 is 29.1 Å². The number of benzene rings is 3. The van der Waals surface area contributed by atoms with Crippen LogP contribution in [0.4, 0.5) is 11.4 Å². The van der Waals surface area contributed by atoms with Gasteiger partial charge in [-0.15, -0.1) is 0 Å². The number of rotatable bonds is 4. The SMILES string of the molecule is O=C1CC(/C=C/c2ccccc2)=Nc2ccccc2N1Cc1ccccc1. The molecule has 1 amide bonds. The fourth-order valence-corrected chi connectivity index (χ4v) is 3.16. The van der Waals surface area contributed by atoms with Crippen molar-refractivity contribution in [1.29, 1.82) is 0 Å². The van der Waals surface area contributed by atoms with Crippen LogP contribution >= 0.6 is 0 Å². The zero-order valence-electron chi connectivity index (χ0n) is 15.0. The molecule has 4 rings (SSSR count). The molecule has 0 N–H and O–H groups in total. The monoisotopic (exact) mass is 352 g/mol. The van der Waals surface area contributed by atoms with Crippen molar-refractivity contribution in [2.75, 3.05) is 4.90 Å². The average Bonchev–Trinajstić information content (AvgIpc) is 2.85. The number of carbonyl (C=O) groups excluding carboxylic acids is 1. The molecule has 1 aliphatic rings. The second-order valence-electron chi connectivity index (χ2n) is 6.48. The van der Waals surface area contributed by atoms with E-state index >= 15 is 0 Å². The van der Waals surface area contributed by atoms with E-state index in [1.165, 1.54) is 0 Å². The van der Waals surface area contributed by atoms with Crippen molar-refractivity contribution < 1.29 is 4.79 Å². The molecule has 3 nitrogen and oxygen atoms in total. The summed E-state index contributed by atoms with van der Waals surface area (Å²) in [7, 11) is 0. The second-order valence-corrected chi connectivity index (χ2v) is 6.48. The van der Waals surface area contributed by atoms with Crippen molar-refractivity contribution in [3.63, 3.8) is 0 Å². The van der Waals surface area contributed by atoms with E-state index in [-0.39, 0.29) is 12.3 Å². The second kappa shape index (κ2) is 7.83. The standard InChI is InChI=1S/C24H20N2O/c27-24-17-21(16-15-19-9-3-1-4-10-19)25-22-13-7-8-14-23(22)26(24)18-20-11-5-2-6-12-20/h1-16H,17-18H2/b16-15+. The summed E-state index contributed by atoms with van der Waals surface area (Å²) in [5.74, 6) is 0.0558. The predicted octanol–water partition coefficient (Wildman–Crippen LogP) is 5.41. The Morgan fingerprint density at radius 1 is 0.815 bits per heavy atom. The molecule has 0 saturated heterocycles. The quantitative estimate of drug-likeness (QED) is 0.618. The van der Waals surface area contributed by atoms with E-state index in [2.05, 4.69) is 0 Å². The van der Waals surface area contributed by atoms with Gasteiger partial charge in [0.05, 0.1) is 30.1 Å². The number of hydrogen-bond donors (Lipinski definition) is 0. The number of aliphatic imine (C=N–C) groups is 1. The Bertz CT molecular complexity index is 991. The Hall–Kier alpha value is -3.46. The molecule has 0 spiro atoms. The number of hydrogen-bond acceptors (Lipinski definition) is 2. The van der Waals surface area contributed by atoms with Gasteiger partial charge in [-0.2, -0.15) is 0 Å². The largest absolute Gasteiger partial charge is 0.306 e. The van der Waals surface area contributed by atoms with Crippen LogP contribution in [0.2, 0.25) is 0 Å². The molecule has 0 fully saturated rings. The van der Waals surface area contributed by atoms with Gasteiger partial charge in [-0.3, -0.25) is 9.79 Å². The summed E-state index contributed by atoms with van der Waals surface area (Å²) in [5.41, 5.74) is 4.64. The van der Waals surface area contributed by atoms with Crippen molar-refractivity contribution in [2.24, 2.45) is 4.99 Å². The maximum absolute atomic E-state index is 13.0. The maximum atomic E-state index is 13.0. The van der Waals surface area contributed by atoms with Crippen LogP contribution in [0.1, 0.15) is 17.5 Å². The summed E-state index contributed by atoms with van der Waals surface area (Å²) in [4.78, 5) is 19.6. The van der Waals surface area contributed by atoms with Gasteiger partial charge in [0.1, 0.15) is 0 Å². The molecule has 0 aromatic heterocycles. The molecule has 0 aliphatic carbocycles. The fourth-order valence-electron chi connectivity index (χ4n) is 3.16. The third-order valence-corrected chi connectivity index (χ3v) is 4.52. The van der Waals surface area contributed by atoms with E-state index in [9.17, 15) is 4.79 Å². The number of allylic oxidation sites excluding steroid dienone is 1. The van der Waals surface area contributed by atoms with Crippen molar-refractivity contribution in [3.8, 4) is 0 Å². The molecule has 0 bridgehead atoms. The van der Waals surface area contributed by atoms with Gasteiger partial charge in [0.2, 0.25) is 5.91 Å². The highest BCUT2D eigenvalue weighted by Gasteiger charge is 2.23. The number of anilines is 1. The highest BCUT2D eigenvalue weighted by atomic mass is 16.2. The normalized spacial score (nSPS) is 14.0. The molecule has 3 heteroatoms. The van der Waals surface area contributed by atoms with Gasteiger partial charge in [-0.1, -0.05) is 78.9 Å². The Kier molecular flexibility index (Phi) is 4.93. The van der Waals surface area contributed by atoms with Gasteiger partial charge in [0.15, 0.2) is 0 Å². The number of para-hydroxylation sites is 2. The first-order valence-electron chi connectivity index (χ1n) is 9.03. The van der Waals surface area contributed by atoms with Gasteiger partial charge in [-0.05, 0) is 29.3 Å². The minimum Gasteiger partial charge on any atom is -0.306 e. The van der Waals surface area contributed by atoms with Crippen LogP contribution in [0.5, 0.6) is 0 Å². The molecule has 1 aliphatic heterocycles. The number of fused-ring (bicyclic) bond motifs is 1. The van der Waals surface area contributed by atoms with Crippen LogP contribution in [-0.2, 0) is 11.3 Å². The van der Waals surface area contributed by atoms with E-state index in [0.29, 0.717) is 6.54 Å². The lowest BCUT2D eigenvalue weighted by Gasteiger charge is -2.22. The molecular weight excluding hydrogens is 332 g/mol. The van der Waals surface area contributed by atoms with Crippen molar-refractivity contribution in [3.05, 3.63) is 102 Å². The third kappa shape index (κ3) is 4.04. The first kappa shape index (κ1) is 17.0.